The van der Waals surface area contributed by atoms with Gasteiger partial charge in [0.1, 0.15) is 0 Å². The van der Waals surface area contributed by atoms with Crippen molar-refractivity contribution in [1.29, 1.82) is 0 Å². The zero-order valence-electron chi connectivity index (χ0n) is 7.26. The minimum Gasteiger partial charge on any atom is -0.494 e. The summed E-state index contributed by atoms with van der Waals surface area (Å²) in [5.74, 6) is 0.315. The third-order valence-corrected chi connectivity index (χ3v) is 1.75. The molecular formula is C10H10ClFO. The van der Waals surface area contributed by atoms with E-state index in [0.29, 0.717) is 5.88 Å². The van der Waals surface area contributed by atoms with E-state index in [9.17, 15) is 4.39 Å². The first kappa shape index (κ1) is 10.1. The molecule has 0 radical (unpaired) electrons. The second kappa shape index (κ2) is 4.87. The van der Waals surface area contributed by atoms with Gasteiger partial charge in [0.15, 0.2) is 11.6 Å². The van der Waals surface area contributed by atoms with Gasteiger partial charge in [-0.15, -0.1) is 11.6 Å². The van der Waals surface area contributed by atoms with Crippen molar-refractivity contribution in [2.75, 3.05) is 13.0 Å². The first-order valence-electron chi connectivity index (χ1n) is 3.84. The number of methoxy groups -OCH3 is 1. The first-order valence-corrected chi connectivity index (χ1v) is 4.37. The molecule has 0 unspecified atom stereocenters. The predicted molar refractivity (Wildman–Crippen MR) is 52.7 cm³/mol. The second-order valence-electron chi connectivity index (χ2n) is 2.45. The summed E-state index contributed by atoms with van der Waals surface area (Å²) in [7, 11) is 1.44. The van der Waals surface area contributed by atoms with Crippen molar-refractivity contribution in [3.63, 3.8) is 0 Å². The van der Waals surface area contributed by atoms with Gasteiger partial charge in [0, 0.05) is 5.88 Å². The quantitative estimate of drug-likeness (QED) is 0.682. The van der Waals surface area contributed by atoms with Crippen molar-refractivity contribution in [2.24, 2.45) is 0 Å². The summed E-state index contributed by atoms with van der Waals surface area (Å²) in [5, 5.41) is 0. The van der Waals surface area contributed by atoms with Crippen LogP contribution in [-0.4, -0.2) is 13.0 Å². The largest absolute Gasteiger partial charge is 0.494 e. The Hall–Kier alpha value is -1.02. The molecule has 70 valence electrons. The SMILES string of the molecule is COc1ccc(C=CCCl)cc1F. The van der Waals surface area contributed by atoms with E-state index in [1.807, 2.05) is 0 Å². The highest BCUT2D eigenvalue weighted by Crippen LogP contribution is 2.18. The van der Waals surface area contributed by atoms with Crippen molar-refractivity contribution >= 4 is 17.7 Å². The molecule has 1 nitrogen and oxygen atoms in total. The van der Waals surface area contributed by atoms with Gasteiger partial charge in [0.05, 0.1) is 7.11 Å². The van der Waals surface area contributed by atoms with Crippen LogP contribution in [0.1, 0.15) is 5.56 Å². The van der Waals surface area contributed by atoms with Crippen LogP contribution in [0, 0.1) is 5.82 Å². The lowest BCUT2D eigenvalue weighted by Crippen LogP contribution is -1.87. The number of hydrogen-bond acceptors (Lipinski definition) is 1. The van der Waals surface area contributed by atoms with Crippen LogP contribution in [0.25, 0.3) is 6.08 Å². The van der Waals surface area contributed by atoms with Crippen LogP contribution in [0.4, 0.5) is 4.39 Å². The van der Waals surface area contributed by atoms with E-state index in [1.165, 1.54) is 13.2 Å². The fourth-order valence-corrected chi connectivity index (χ4v) is 1.06. The number of hydrogen-bond donors (Lipinski definition) is 0. The lowest BCUT2D eigenvalue weighted by molar-refractivity contribution is 0.386. The molecule has 0 amide bonds. The number of halogens is 2. The van der Waals surface area contributed by atoms with Crippen LogP contribution in [0.2, 0.25) is 0 Å². The summed E-state index contributed by atoms with van der Waals surface area (Å²) in [4.78, 5) is 0. The molecule has 3 heteroatoms. The van der Waals surface area contributed by atoms with Crippen molar-refractivity contribution < 1.29 is 9.13 Å². The van der Waals surface area contributed by atoms with E-state index in [0.717, 1.165) is 5.56 Å². The first-order chi connectivity index (χ1) is 6.27. The fraction of sp³-hybridized carbons (Fsp3) is 0.200. The van der Waals surface area contributed by atoms with Crippen LogP contribution in [0.15, 0.2) is 24.3 Å². The standard InChI is InChI=1S/C10H10ClFO/c1-13-10-5-4-8(3-2-6-11)7-9(10)12/h2-5,7H,6H2,1H3. The number of ether oxygens (including phenoxy) is 1. The molecule has 13 heavy (non-hydrogen) atoms. The highest BCUT2D eigenvalue weighted by molar-refractivity contribution is 6.19. The van der Waals surface area contributed by atoms with Crippen molar-refractivity contribution in [2.45, 2.75) is 0 Å². The van der Waals surface area contributed by atoms with Gasteiger partial charge in [0.2, 0.25) is 0 Å². The normalized spacial score (nSPS) is 10.7. The molecule has 0 heterocycles. The van der Waals surface area contributed by atoms with Crippen LogP contribution in [-0.2, 0) is 0 Å². The van der Waals surface area contributed by atoms with Gasteiger partial charge in [-0.2, -0.15) is 0 Å². The number of benzene rings is 1. The lowest BCUT2D eigenvalue weighted by atomic mass is 10.2. The summed E-state index contributed by atoms with van der Waals surface area (Å²) < 4.78 is 17.9. The Morgan fingerprint density at radius 3 is 2.85 bits per heavy atom. The molecule has 0 saturated heterocycles. The Labute approximate surface area is 81.8 Å². The maximum Gasteiger partial charge on any atom is 0.165 e. The minimum absolute atomic E-state index is 0.253. The van der Waals surface area contributed by atoms with Crippen LogP contribution >= 0.6 is 11.6 Å². The fourth-order valence-electron chi connectivity index (χ4n) is 0.967. The average Bonchev–Trinajstić information content (AvgIpc) is 2.15. The monoisotopic (exact) mass is 200 g/mol. The molecule has 0 spiro atoms. The second-order valence-corrected chi connectivity index (χ2v) is 2.76. The number of rotatable bonds is 3. The van der Waals surface area contributed by atoms with E-state index in [4.69, 9.17) is 16.3 Å². The zero-order chi connectivity index (χ0) is 9.68. The molecule has 1 aromatic carbocycles. The van der Waals surface area contributed by atoms with E-state index in [1.54, 1.807) is 24.3 Å². The molecule has 0 aliphatic carbocycles. The van der Waals surface area contributed by atoms with Gasteiger partial charge in [0.25, 0.3) is 0 Å². The van der Waals surface area contributed by atoms with Gasteiger partial charge in [-0.25, -0.2) is 4.39 Å². The molecule has 0 aliphatic rings. The Morgan fingerprint density at radius 1 is 1.54 bits per heavy atom. The molecule has 0 atom stereocenters. The maximum absolute atomic E-state index is 13.1. The Morgan fingerprint density at radius 2 is 2.31 bits per heavy atom. The summed E-state index contributed by atoms with van der Waals surface area (Å²) in [6.45, 7) is 0. The van der Waals surface area contributed by atoms with E-state index < -0.39 is 0 Å². The smallest absolute Gasteiger partial charge is 0.165 e. The van der Waals surface area contributed by atoms with Gasteiger partial charge in [-0.3, -0.25) is 0 Å². The highest BCUT2D eigenvalue weighted by Gasteiger charge is 2.00. The highest BCUT2D eigenvalue weighted by atomic mass is 35.5. The molecular weight excluding hydrogens is 191 g/mol. The summed E-state index contributed by atoms with van der Waals surface area (Å²) in [6.07, 6.45) is 3.51. The molecule has 0 aliphatic heterocycles. The Bertz CT molecular complexity index is 310. The Balaban J connectivity index is 2.89. The molecule has 0 bridgehead atoms. The number of allylic oxidation sites excluding steroid dienone is 1. The van der Waals surface area contributed by atoms with Gasteiger partial charge in [-0.1, -0.05) is 18.2 Å². The van der Waals surface area contributed by atoms with E-state index in [2.05, 4.69) is 0 Å². The van der Waals surface area contributed by atoms with Gasteiger partial charge in [-0.05, 0) is 17.7 Å². The van der Waals surface area contributed by atoms with Gasteiger partial charge < -0.3 is 4.74 Å². The summed E-state index contributed by atoms with van der Waals surface area (Å²) in [5.41, 5.74) is 0.777. The van der Waals surface area contributed by atoms with Crippen LogP contribution in [0.5, 0.6) is 5.75 Å². The third-order valence-electron chi connectivity index (χ3n) is 1.58. The Kier molecular flexibility index (Phi) is 3.77. The molecule has 1 rings (SSSR count). The lowest BCUT2D eigenvalue weighted by Gasteiger charge is -2.01. The molecule has 0 fully saturated rings. The summed E-state index contributed by atoms with van der Waals surface area (Å²) in [6, 6.07) is 4.76. The third kappa shape index (κ3) is 2.74. The van der Waals surface area contributed by atoms with E-state index >= 15 is 0 Å². The van der Waals surface area contributed by atoms with E-state index in [-0.39, 0.29) is 11.6 Å². The molecule has 0 saturated carbocycles. The van der Waals surface area contributed by atoms with Crippen LogP contribution in [0.3, 0.4) is 0 Å². The molecule has 0 N–H and O–H groups in total. The van der Waals surface area contributed by atoms with Gasteiger partial charge >= 0.3 is 0 Å². The zero-order valence-corrected chi connectivity index (χ0v) is 8.01. The predicted octanol–water partition coefficient (Wildman–Crippen LogP) is 3.09. The maximum atomic E-state index is 13.1. The average molecular weight is 201 g/mol. The minimum atomic E-state index is -0.362. The van der Waals surface area contributed by atoms with Crippen molar-refractivity contribution in [3.05, 3.63) is 35.7 Å². The number of alkyl halides is 1. The van der Waals surface area contributed by atoms with Crippen LogP contribution < -0.4 is 4.74 Å². The summed E-state index contributed by atoms with van der Waals surface area (Å²) >= 11 is 5.44. The van der Waals surface area contributed by atoms with Crippen molar-refractivity contribution in [3.8, 4) is 5.75 Å². The van der Waals surface area contributed by atoms with Crippen molar-refractivity contribution in [1.82, 2.24) is 0 Å². The topological polar surface area (TPSA) is 9.23 Å². The molecule has 1 aromatic rings. The molecule has 0 aromatic heterocycles.